The van der Waals surface area contributed by atoms with Gasteiger partial charge in [-0.05, 0) is 0 Å². The third-order valence-electron chi connectivity index (χ3n) is 2.25. The largest absolute Gasteiger partial charge is 0.469 e. The van der Waals surface area contributed by atoms with Gasteiger partial charge in [0.05, 0.1) is 30.3 Å². The van der Waals surface area contributed by atoms with E-state index >= 15 is 0 Å². The van der Waals surface area contributed by atoms with Crippen LogP contribution in [0.2, 0.25) is 0 Å². The minimum atomic E-state index is -3.56. The summed E-state index contributed by atoms with van der Waals surface area (Å²) in [6, 6.07) is 0. The van der Waals surface area contributed by atoms with E-state index in [9.17, 15) is 21.6 Å². The van der Waals surface area contributed by atoms with Crippen molar-refractivity contribution in [3.63, 3.8) is 0 Å². The molecule has 0 aromatic heterocycles. The summed E-state index contributed by atoms with van der Waals surface area (Å²) in [5.41, 5.74) is 0. The van der Waals surface area contributed by atoms with Crippen molar-refractivity contribution in [2.75, 3.05) is 30.1 Å². The van der Waals surface area contributed by atoms with E-state index in [2.05, 4.69) is 4.74 Å². The molecule has 8 heteroatoms. The summed E-state index contributed by atoms with van der Waals surface area (Å²) in [4.78, 5) is 11.0. The van der Waals surface area contributed by atoms with Crippen molar-refractivity contribution in [1.29, 1.82) is 0 Å². The van der Waals surface area contributed by atoms with Crippen LogP contribution in [0.4, 0.5) is 0 Å². The van der Waals surface area contributed by atoms with Crippen LogP contribution in [0, 0.1) is 5.92 Å². The summed E-state index contributed by atoms with van der Waals surface area (Å²) in [5, 5.41) is 0. The van der Waals surface area contributed by atoms with E-state index in [1.807, 2.05) is 0 Å². The van der Waals surface area contributed by atoms with Crippen molar-refractivity contribution in [2.45, 2.75) is 13.8 Å². The van der Waals surface area contributed by atoms with Crippen LogP contribution in [-0.4, -0.2) is 52.9 Å². The smallest absolute Gasteiger partial charge is 0.309 e. The molecule has 0 spiro atoms. The summed E-state index contributed by atoms with van der Waals surface area (Å²) in [6.45, 7) is 2.89. The topological polar surface area (TPSA) is 94.6 Å². The highest BCUT2D eigenvalue weighted by atomic mass is 32.2. The number of methoxy groups -OCH3 is 1. The van der Waals surface area contributed by atoms with Gasteiger partial charge >= 0.3 is 5.97 Å². The standard InChI is InChI=1S/C9H18O6S2/c1-4-16(11,12)5-6-17(13,14)7-8(2)9(10)15-3/h8H,4-7H2,1-3H3. The molecule has 0 radical (unpaired) electrons. The number of sulfone groups is 2. The van der Waals surface area contributed by atoms with Crippen molar-refractivity contribution < 1.29 is 26.4 Å². The van der Waals surface area contributed by atoms with E-state index in [1.54, 1.807) is 0 Å². The van der Waals surface area contributed by atoms with Gasteiger partial charge in [0.15, 0.2) is 19.7 Å². The van der Waals surface area contributed by atoms with Gasteiger partial charge in [0.25, 0.3) is 0 Å². The molecular formula is C9H18O6S2. The van der Waals surface area contributed by atoms with E-state index in [4.69, 9.17) is 0 Å². The van der Waals surface area contributed by atoms with Gasteiger partial charge in [-0.15, -0.1) is 0 Å². The van der Waals surface area contributed by atoms with E-state index in [-0.39, 0.29) is 11.5 Å². The third kappa shape index (κ3) is 6.62. The van der Waals surface area contributed by atoms with Gasteiger partial charge in [0, 0.05) is 5.75 Å². The fraction of sp³-hybridized carbons (Fsp3) is 0.889. The number of rotatable bonds is 7. The third-order valence-corrected chi connectivity index (χ3v) is 6.05. The summed E-state index contributed by atoms with van der Waals surface area (Å²) >= 11 is 0. The molecule has 0 aliphatic rings. The number of carbonyl (C=O) groups is 1. The highest BCUT2D eigenvalue weighted by molar-refractivity contribution is 7.95. The predicted octanol–water partition coefficient (Wildman–Crippen LogP) is -0.355. The zero-order valence-corrected chi connectivity index (χ0v) is 11.8. The quantitative estimate of drug-likeness (QED) is 0.593. The van der Waals surface area contributed by atoms with Crippen molar-refractivity contribution in [3.8, 4) is 0 Å². The fourth-order valence-corrected chi connectivity index (χ4v) is 4.52. The molecule has 6 nitrogen and oxygen atoms in total. The second kappa shape index (κ2) is 6.34. The Morgan fingerprint density at radius 3 is 2.00 bits per heavy atom. The number of carbonyl (C=O) groups excluding carboxylic acids is 1. The van der Waals surface area contributed by atoms with Crippen LogP contribution in [0.5, 0.6) is 0 Å². The molecule has 0 N–H and O–H groups in total. The van der Waals surface area contributed by atoms with Crippen molar-refractivity contribution in [3.05, 3.63) is 0 Å². The number of ether oxygens (including phenoxy) is 1. The molecule has 0 fully saturated rings. The lowest BCUT2D eigenvalue weighted by atomic mass is 10.2. The van der Waals surface area contributed by atoms with Gasteiger partial charge in [0.1, 0.15) is 0 Å². The molecule has 0 aliphatic carbocycles. The fourth-order valence-electron chi connectivity index (χ4n) is 1.13. The Morgan fingerprint density at radius 2 is 1.59 bits per heavy atom. The lowest BCUT2D eigenvalue weighted by Gasteiger charge is -2.09. The summed E-state index contributed by atoms with van der Waals surface area (Å²) in [6.07, 6.45) is 0. The lowest BCUT2D eigenvalue weighted by Crippen LogP contribution is -2.27. The average molecular weight is 286 g/mol. The Hall–Kier alpha value is -0.630. The average Bonchev–Trinajstić information content (AvgIpc) is 2.25. The summed E-state index contributed by atoms with van der Waals surface area (Å²) < 4.78 is 49.8. The molecule has 0 aromatic rings. The molecule has 1 unspecified atom stereocenters. The molecule has 1 atom stereocenters. The van der Waals surface area contributed by atoms with Crippen LogP contribution < -0.4 is 0 Å². The first-order valence-corrected chi connectivity index (χ1v) is 8.76. The van der Waals surface area contributed by atoms with Gasteiger partial charge in [-0.25, -0.2) is 16.8 Å². The van der Waals surface area contributed by atoms with Crippen LogP contribution in [0.25, 0.3) is 0 Å². The molecule has 0 saturated heterocycles. The van der Waals surface area contributed by atoms with E-state index in [1.165, 1.54) is 21.0 Å². The van der Waals surface area contributed by atoms with Gasteiger partial charge in [0.2, 0.25) is 0 Å². The first-order chi connectivity index (χ1) is 7.63. The minimum absolute atomic E-state index is 0.0882. The first kappa shape index (κ1) is 16.4. The Balaban J connectivity index is 4.47. The number of hydrogen-bond donors (Lipinski definition) is 0. The monoisotopic (exact) mass is 286 g/mol. The lowest BCUT2D eigenvalue weighted by molar-refractivity contribution is -0.144. The highest BCUT2D eigenvalue weighted by Gasteiger charge is 2.23. The second-order valence-electron chi connectivity index (χ2n) is 3.77. The van der Waals surface area contributed by atoms with Gasteiger partial charge < -0.3 is 4.74 Å². The van der Waals surface area contributed by atoms with Crippen molar-refractivity contribution in [2.24, 2.45) is 5.92 Å². The number of hydrogen-bond acceptors (Lipinski definition) is 6. The molecule has 0 rings (SSSR count). The van der Waals surface area contributed by atoms with Crippen LogP contribution in [0.3, 0.4) is 0 Å². The molecule has 17 heavy (non-hydrogen) atoms. The maximum absolute atomic E-state index is 11.6. The Bertz CT molecular complexity index is 448. The van der Waals surface area contributed by atoms with Crippen LogP contribution in [0.15, 0.2) is 0 Å². The molecule has 0 amide bonds. The van der Waals surface area contributed by atoms with E-state index in [0.29, 0.717) is 0 Å². The highest BCUT2D eigenvalue weighted by Crippen LogP contribution is 2.05. The van der Waals surface area contributed by atoms with Gasteiger partial charge in [-0.2, -0.15) is 0 Å². The second-order valence-corrected chi connectivity index (χ2v) is 8.48. The predicted molar refractivity (Wildman–Crippen MR) is 64.2 cm³/mol. The molecule has 0 bridgehead atoms. The van der Waals surface area contributed by atoms with E-state index < -0.39 is 43.1 Å². The first-order valence-electron chi connectivity index (χ1n) is 5.12. The van der Waals surface area contributed by atoms with Gasteiger partial charge in [-0.1, -0.05) is 13.8 Å². The summed E-state index contributed by atoms with van der Waals surface area (Å²) in [5.74, 6) is -2.74. The van der Waals surface area contributed by atoms with Crippen molar-refractivity contribution in [1.82, 2.24) is 0 Å². The summed E-state index contributed by atoms with van der Waals surface area (Å²) in [7, 11) is -5.70. The van der Waals surface area contributed by atoms with Crippen LogP contribution >= 0.6 is 0 Å². The van der Waals surface area contributed by atoms with E-state index in [0.717, 1.165) is 0 Å². The van der Waals surface area contributed by atoms with Crippen molar-refractivity contribution >= 4 is 25.6 Å². The molecule has 102 valence electrons. The number of esters is 1. The molecule has 0 aliphatic heterocycles. The van der Waals surface area contributed by atoms with Crippen LogP contribution in [0.1, 0.15) is 13.8 Å². The molecular weight excluding hydrogens is 268 g/mol. The van der Waals surface area contributed by atoms with Crippen LogP contribution in [-0.2, 0) is 29.2 Å². The SMILES string of the molecule is CCS(=O)(=O)CCS(=O)(=O)CC(C)C(=O)OC. The minimum Gasteiger partial charge on any atom is -0.469 e. The Morgan fingerprint density at radius 1 is 1.12 bits per heavy atom. The normalized spacial score (nSPS) is 14.3. The maximum atomic E-state index is 11.6. The molecule has 0 heterocycles. The Labute approximate surface area is 102 Å². The molecule has 0 saturated carbocycles. The van der Waals surface area contributed by atoms with Gasteiger partial charge in [-0.3, -0.25) is 4.79 Å². The Kier molecular flexibility index (Phi) is 6.11. The zero-order valence-electron chi connectivity index (χ0n) is 10.2. The molecule has 0 aromatic carbocycles. The zero-order chi connectivity index (χ0) is 13.7. The maximum Gasteiger partial charge on any atom is 0.309 e.